The minimum Gasteiger partial charge on any atom is -0.338 e. The van der Waals surface area contributed by atoms with Gasteiger partial charge >= 0.3 is 0 Å². The minimum absolute atomic E-state index is 0.242. The lowest BCUT2D eigenvalue weighted by Gasteiger charge is -2.09. The number of fused-ring (bicyclic) bond motifs is 1. The van der Waals surface area contributed by atoms with Crippen LogP contribution in [0.15, 0.2) is 76.1 Å². The Balaban J connectivity index is 1.73. The summed E-state index contributed by atoms with van der Waals surface area (Å²) in [5, 5.41) is 0. The first-order valence-corrected chi connectivity index (χ1v) is 11.2. The quantitative estimate of drug-likeness (QED) is 0.430. The molecule has 0 saturated carbocycles. The molecular formula is C22H18BrN3O2S. The second-order valence-electron chi connectivity index (χ2n) is 6.41. The molecule has 146 valence electrons. The fourth-order valence-electron chi connectivity index (χ4n) is 3.10. The van der Waals surface area contributed by atoms with Crippen molar-refractivity contribution in [3.8, 4) is 11.1 Å². The molecule has 0 spiro atoms. The zero-order valence-corrected chi connectivity index (χ0v) is 18.0. The van der Waals surface area contributed by atoms with Crippen LogP contribution in [0.3, 0.4) is 0 Å². The van der Waals surface area contributed by atoms with Gasteiger partial charge in [-0.1, -0.05) is 64.5 Å². The summed E-state index contributed by atoms with van der Waals surface area (Å²) in [6.07, 6.45) is 3.90. The maximum atomic E-state index is 12.4. The van der Waals surface area contributed by atoms with Gasteiger partial charge < -0.3 is 4.98 Å². The standard InChI is InChI=1S/C22H18BrN3O2S/c1-24-29(27,28)21-9-5-3-7-17(21)16-10-12-19-20(14-16)26-22(25-19)13-11-15-6-2-4-8-18(15)23/h2-14,24H,1H3,(H,25,26)/b13-11+. The number of benzene rings is 3. The summed E-state index contributed by atoms with van der Waals surface area (Å²) in [4.78, 5) is 8.15. The van der Waals surface area contributed by atoms with Crippen LogP contribution in [0, 0.1) is 0 Å². The van der Waals surface area contributed by atoms with E-state index in [-0.39, 0.29) is 4.90 Å². The van der Waals surface area contributed by atoms with Crippen molar-refractivity contribution in [3.63, 3.8) is 0 Å². The van der Waals surface area contributed by atoms with E-state index in [0.717, 1.165) is 32.5 Å². The summed E-state index contributed by atoms with van der Waals surface area (Å²) in [6.45, 7) is 0. The Labute approximate surface area is 177 Å². The van der Waals surface area contributed by atoms with Gasteiger partial charge in [0.15, 0.2) is 0 Å². The van der Waals surface area contributed by atoms with Crippen molar-refractivity contribution in [1.29, 1.82) is 0 Å². The molecule has 7 heteroatoms. The smallest absolute Gasteiger partial charge is 0.240 e. The number of sulfonamides is 1. The van der Waals surface area contributed by atoms with Crippen molar-refractivity contribution >= 4 is 49.1 Å². The monoisotopic (exact) mass is 467 g/mol. The number of hydrogen-bond donors (Lipinski definition) is 2. The van der Waals surface area contributed by atoms with E-state index < -0.39 is 10.0 Å². The Kier molecular flexibility index (Phi) is 5.36. The lowest BCUT2D eigenvalue weighted by molar-refractivity contribution is 0.588. The molecule has 0 aliphatic carbocycles. The van der Waals surface area contributed by atoms with Crippen LogP contribution in [0.25, 0.3) is 34.3 Å². The second kappa shape index (κ2) is 7.94. The zero-order chi connectivity index (χ0) is 20.4. The van der Waals surface area contributed by atoms with Gasteiger partial charge in [0, 0.05) is 10.0 Å². The van der Waals surface area contributed by atoms with Gasteiger partial charge in [-0.3, -0.25) is 0 Å². The highest BCUT2D eigenvalue weighted by Crippen LogP contribution is 2.29. The average molecular weight is 468 g/mol. The Bertz CT molecular complexity index is 1330. The number of nitrogens with one attached hydrogen (secondary N) is 2. The van der Waals surface area contributed by atoms with E-state index in [1.54, 1.807) is 18.2 Å². The number of imidazole rings is 1. The van der Waals surface area contributed by atoms with Gasteiger partial charge in [-0.05, 0) is 48.5 Å². The number of H-pyrrole nitrogens is 1. The molecule has 0 radical (unpaired) electrons. The topological polar surface area (TPSA) is 74.8 Å². The van der Waals surface area contributed by atoms with E-state index in [1.807, 2.05) is 60.7 Å². The predicted octanol–water partition coefficient (Wildman–Crippen LogP) is 5.07. The fourth-order valence-corrected chi connectivity index (χ4v) is 4.47. The molecule has 3 aromatic carbocycles. The van der Waals surface area contributed by atoms with Gasteiger partial charge in [-0.25, -0.2) is 18.1 Å². The molecule has 0 fully saturated rings. The fraction of sp³-hybridized carbons (Fsp3) is 0.0455. The average Bonchev–Trinajstić information content (AvgIpc) is 3.15. The third-order valence-corrected chi connectivity index (χ3v) is 6.78. The maximum absolute atomic E-state index is 12.4. The van der Waals surface area contributed by atoms with Gasteiger partial charge in [-0.2, -0.15) is 0 Å². The molecule has 0 bridgehead atoms. The Morgan fingerprint density at radius 1 is 1.00 bits per heavy atom. The van der Waals surface area contributed by atoms with E-state index in [4.69, 9.17) is 0 Å². The van der Waals surface area contributed by atoms with Crippen molar-refractivity contribution < 1.29 is 8.42 Å². The molecule has 4 aromatic rings. The van der Waals surface area contributed by atoms with Crippen molar-refractivity contribution in [3.05, 3.63) is 82.6 Å². The number of nitrogens with zero attached hydrogens (tertiary/aromatic N) is 1. The molecule has 4 rings (SSSR count). The third-order valence-electron chi connectivity index (χ3n) is 4.58. The molecular weight excluding hydrogens is 450 g/mol. The summed E-state index contributed by atoms with van der Waals surface area (Å²) >= 11 is 3.53. The molecule has 0 unspecified atom stereocenters. The lowest BCUT2D eigenvalue weighted by Crippen LogP contribution is -2.19. The molecule has 0 saturated heterocycles. The lowest BCUT2D eigenvalue weighted by atomic mass is 10.1. The van der Waals surface area contributed by atoms with E-state index in [1.165, 1.54) is 7.05 Å². The van der Waals surface area contributed by atoms with E-state index in [9.17, 15) is 8.42 Å². The molecule has 2 N–H and O–H groups in total. The van der Waals surface area contributed by atoms with Crippen LogP contribution in [0.2, 0.25) is 0 Å². The van der Waals surface area contributed by atoms with Crippen molar-refractivity contribution in [2.45, 2.75) is 4.90 Å². The van der Waals surface area contributed by atoms with Crippen LogP contribution in [-0.2, 0) is 10.0 Å². The summed E-state index contributed by atoms with van der Waals surface area (Å²) < 4.78 is 28.1. The van der Waals surface area contributed by atoms with Crippen LogP contribution in [0.1, 0.15) is 11.4 Å². The molecule has 1 heterocycles. The van der Waals surface area contributed by atoms with Crippen LogP contribution >= 0.6 is 15.9 Å². The van der Waals surface area contributed by atoms with Gasteiger partial charge in [0.1, 0.15) is 5.82 Å². The van der Waals surface area contributed by atoms with Crippen molar-refractivity contribution in [2.24, 2.45) is 0 Å². The van der Waals surface area contributed by atoms with Gasteiger partial charge in [0.05, 0.1) is 15.9 Å². The first-order valence-electron chi connectivity index (χ1n) is 8.93. The van der Waals surface area contributed by atoms with E-state index in [2.05, 4.69) is 30.6 Å². The van der Waals surface area contributed by atoms with Crippen LogP contribution in [-0.4, -0.2) is 25.4 Å². The molecule has 29 heavy (non-hydrogen) atoms. The molecule has 5 nitrogen and oxygen atoms in total. The first-order chi connectivity index (χ1) is 14.0. The highest BCUT2D eigenvalue weighted by molar-refractivity contribution is 9.10. The summed E-state index contributed by atoms with van der Waals surface area (Å²) in [6, 6.07) is 20.6. The molecule has 0 aliphatic heterocycles. The minimum atomic E-state index is -3.56. The van der Waals surface area contributed by atoms with E-state index in [0.29, 0.717) is 5.56 Å². The summed E-state index contributed by atoms with van der Waals surface area (Å²) in [5.41, 5.74) is 4.14. The molecule has 1 aromatic heterocycles. The highest BCUT2D eigenvalue weighted by Gasteiger charge is 2.17. The number of aromatic amines is 1. The molecule has 0 aliphatic rings. The maximum Gasteiger partial charge on any atom is 0.240 e. The third kappa shape index (κ3) is 4.03. The highest BCUT2D eigenvalue weighted by atomic mass is 79.9. The summed E-state index contributed by atoms with van der Waals surface area (Å²) in [5.74, 6) is 0.726. The summed E-state index contributed by atoms with van der Waals surface area (Å²) in [7, 11) is -2.15. The second-order valence-corrected chi connectivity index (χ2v) is 9.12. The number of aromatic nitrogens is 2. The van der Waals surface area contributed by atoms with Crippen LogP contribution < -0.4 is 4.72 Å². The predicted molar refractivity (Wildman–Crippen MR) is 121 cm³/mol. The van der Waals surface area contributed by atoms with Crippen LogP contribution in [0.5, 0.6) is 0 Å². The van der Waals surface area contributed by atoms with Crippen molar-refractivity contribution in [2.75, 3.05) is 7.05 Å². The van der Waals surface area contributed by atoms with Gasteiger partial charge in [-0.15, -0.1) is 0 Å². The van der Waals surface area contributed by atoms with Gasteiger partial charge in [0.25, 0.3) is 0 Å². The SMILES string of the molecule is CNS(=O)(=O)c1ccccc1-c1ccc2[nH]c(/C=C/c3ccccc3Br)nc2c1. The molecule has 0 atom stereocenters. The molecule has 0 amide bonds. The van der Waals surface area contributed by atoms with E-state index >= 15 is 0 Å². The normalized spacial score (nSPS) is 12.1. The number of rotatable bonds is 5. The number of hydrogen-bond acceptors (Lipinski definition) is 3. The van der Waals surface area contributed by atoms with Crippen LogP contribution in [0.4, 0.5) is 0 Å². The Morgan fingerprint density at radius 2 is 1.76 bits per heavy atom. The Morgan fingerprint density at radius 3 is 2.55 bits per heavy atom. The van der Waals surface area contributed by atoms with Crippen molar-refractivity contribution in [1.82, 2.24) is 14.7 Å². The zero-order valence-electron chi connectivity index (χ0n) is 15.6. The first kappa shape index (κ1) is 19.6. The number of halogens is 1. The Hall–Kier alpha value is -2.74. The van der Waals surface area contributed by atoms with Gasteiger partial charge in [0.2, 0.25) is 10.0 Å². The largest absolute Gasteiger partial charge is 0.338 e.